The van der Waals surface area contributed by atoms with Crippen LogP contribution in [0.1, 0.15) is 11.5 Å². The lowest BCUT2D eigenvalue weighted by Gasteiger charge is -2.07. The first-order chi connectivity index (χ1) is 8.06. The zero-order valence-corrected chi connectivity index (χ0v) is 10.6. The molecule has 2 nitrogen and oxygen atoms in total. The number of benzene rings is 1. The summed E-state index contributed by atoms with van der Waals surface area (Å²) >= 11 is 2.92. The molecule has 0 radical (unpaired) electrons. The SMILES string of the molecule is Cc1ccc(CNc2cc(F)c(Br)cc2F)o1. The normalized spacial score (nSPS) is 10.6. The van der Waals surface area contributed by atoms with Crippen LogP contribution < -0.4 is 5.32 Å². The largest absolute Gasteiger partial charge is 0.465 e. The second-order valence-electron chi connectivity index (χ2n) is 3.61. The van der Waals surface area contributed by atoms with Crippen molar-refractivity contribution in [3.05, 3.63) is 51.9 Å². The summed E-state index contributed by atoms with van der Waals surface area (Å²) in [7, 11) is 0. The molecule has 0 fully saturated rings. The summed E-state index contributed by atoms with van der Waals surface area (Å²) in [6.45, 7) is 2.13. The molecular weight excluding hydrogens is 292 g/mol. The monoisotopic (exact) mass is 301 g/mol. The fourth-order valence-corrected chi connectivity index (χ4v) is 1.74. The van der Waals surface area contributed by atoms with E-state index in [1.165, 1.54) is 0 Å². The van der Waals surface area contributed by atoms with E-state index in [4.69, 9.17) is 4.42 Å². The Morgan fingerprint density at radius 3 is 2.65 bits per heavy atom. The predicted octanol–water partition coefficient (Wildman–Crippen LogP) is 4.24. The first-order valence-corrected chi connectivity index (χ1v) is 5.79. The highest BCUT2D eigenvalue weighted by Crippen LogP contribution is 2.23. The Balaban J connectivity index is 2.11. The molecule has 0 saturated carbocycles. The third-order valence-corrected chi connectivity index (χ3v) is 2.87. The maximum atomic E-state index is 13.4. The van der Waals surface area contributed by atoms with Crippen LogP contribution in [0.5, 0.6) is 0 Å². The number of furan rings is 1. The molecule has 0 aliphatic carbocycles. The summed E-state index contributed by atoms with van der Waals surface area (Å²) in [6, 6.07) is 5.80. The molecule has 17 heavy (non-hydrogen) atoms. The van der Waals surface area contributed by atoms with Crippen molar-refractivity contribution in [2.75, 3.05) is 5.32 Å². The second kappa shape index (κ2) is 4.87. The Morgan fingerprint density at radius 2 is 2.00 bits per heavy atom. The van der Waals surface area contributed by atoms with Crippen LogP contribution in [0.4, 0.5) is 14.5 Å². The van der Waals surface area contributed by atoms with Gasteiger partial charge < -0.3 is 9.73 Å². The maximum absolute atomic E-state index is 13.4. The van der Waals surface area contributed by atoms with Crippen LogP contribution in [0.3, 0.4) is 0 Å². The highest BCUT2D eigenvalue weighted by atomic mass is 79.9. The van der Waals surface area contributed by atoms with Crippen molar-refractivity contribution in [1.82, 2.24) is 0 Å². The third-order valence-electron chi connectivity index (χ3n) is 2.26. The summed E-state index contributed by atoms with van der Waals surface area (Å²) in [6.07, 6.45) is 0. The highest BCUT2D eigenvalue weighted by Gasteiger charge is 2.08. The van der Waals surface area contributed by atoms with Gasteiger partial charge in [0.15, 0.2) is 0 Å². The van der Waals surface area contributed by atoms with Crippen LogP contribution in [-0.4, -0.2) is 0 Å². The lowest BCUT2D eigenvalue weighted by Crippen LogP contribution is -2.01. The Bertz CT molecular complexity index is 539. The van der Waals surface area contributed by atoms with Crippen molar-refractivity contribution in [2.24, 2.45) is 0 Å². The molecule has 0 bridgehead atoms. The van der Waals surface area contributed by atoms with Gasteiger partial charge in [0.25, 0.3) is 0 Å². The van der Waals surface area contributed by atoms with Crippen molar-refractivity contribution in [2.45, 2.75) is 13.5 Å². The molecule has 0 atom stereocenters. The molecule has 2 rings (SSSR count). The van der Waals surface area contributed by atoms with E-state index < -0.39 is 11.6 Å². The molecule has 1 N–H and O–H groups in total. The molecular formula is C12H10BrF2NO. The van der Waals surface area contributed by atoms with Gasteiger partial charge in [0.2, 0.25) is 0 Å². The molecule has 1 aromatic heterocycles. The van der Waals surface area contributed by atoms with Crippen molar-refractivity contribution in [1.29, 1.82) is 0 Å². The lowest BCUT2D eigenvalue weighted by atomic mass is 10.3. The van der Waals surface area contributed by atoms with E-state index in [1.54, 1.807) is 6.07 Å². The third kappa shape index (κ3) is 2.85. The second-order valence-corrected chi connectivity index (χ2v) is 4.47. The molecule has 5 heteroatoms. The van der Waals surface area contributed by atoms with Gasteiger partial charge in [-0.1, -0.05) is 0 Å². The average molecular weight is 302 g/mol. The van der Waals surface area contributed by atoms with E-state index in [2.05, 4.69) is 21.2 Å². The Labute approximate surface area is 106 Å². The molecule has 0 spiro atoms. The molecule has 1 heterocycles. The van der Waals surface area contributed by atoms with Crippen molar-refractivity contribution in [3.63, 3.8) is 0 Å². The molecule has 0 aliphatic rings. The topological polar surface area (TPSA) is 25.2 Å². The average Bonchev–Trinajstić information content (AvgIpc) is 2.68. The number of hydrogen-bond acceptors (Lipinski definition) is 2. The van der Waals surface area contributed by atoms with E-state index in [9.17, 15) is 8.78 Å². The Hall–Kier alpha value is -1.36. The van der Waals surface area contributed by atoms with Crippen molar-refractivity contribution < 1.29 is 13.2 Å². The van der Waals surface area contributed by atoms with Gasteiger partial charge in [0, 0.05) is 6.07 Å². The van der Waals surface area contributed by atoms with Gasteiger partial charge in [0.05, 0.1) is 16.7 Å². The number of aryl methyl sites for hydroxylation is 1. The first kappa shape index (κ1) is 12.1. The molecule has 90 valence electrons. The number of rotatable bonds is 3. The standard InChI is InChI=1S/C12H10BrF2NO/c1-7-2-3-8(17-7)6-16-12-5-10(14)9(13)4-11(12)15/h2-5,16H,6H2,1H3. The van der Waals surface area contributed by atoms with Crippen LogP contribution in [0, 0.1) is 18.6 Å². The highest BCUT2D eigenvalue weighted by molar-refractivity contribution is 9.10. The van der Waals surface area contributed by atoms with Crippen LogP contribution in [-0.2, 0) is 6.54 Å². The smallest absolute Gasteiger partial charge is 0.147 e. The van der Waals surface area contributed by atoms with Crippen molar-refractivity contribution >= 4 is 21.6 Å². The predicted molar refractivity (Wildman–Crippen MR) is 64.8 cm³/mol. The fraction of sp³-hybridized carbons (Fsp3) is 0.167. The molecule has 0 aliphatic heterocycles. The van der Waals surface area contributed by atoms with Crippen molar-refractivity contribution in [3.8, 4) is 0 Å². The first-order valence-electron chi connectivity index (χ1n) is 5.00. The molecule has 1 aromatic carbocycles. The minimum absolute atomic E-state index is 0.106. The van der Waals surface area contributed by atoms with E-state index >= 15 is 0 Å². The number of nitrogens with one attached hydrogen (secondary N) is 1. The summed E-state index contributed by atoms with van der Waals surface area (Å²) in [4.78, 5) is 0. The van der Waals surface area contributed by atoms with E-state index in [-0.39, 0.29) is 10.2 Å². The van der Waals surface area contributed by atoms with Crippen LogP contribution >= 0.6 is 15.9 Å². The van der Waals surface area contributed by atoms with E-state index in [0.717, 1.165) is 17.9 Å². The molecule has 0 amide bonds. The van der Waals surface area contributed by atoms with Gasteiger partial charge in [0.1, 0.15) is 23.2 Å². The summed E-state index contributed by atoms with van der Waals surface area (Å²) in [5, 5.41) is 2.78. The zero-order chi connectivity index (χ0) is 12.4. The van der Waals surface area contributed by atoms with Gasteiger partial charge >= 0.3 is 0 Å². The summed E-state index contributed by atoms with van der Waals surface area (Å²) < 4.78 is 32.1. The van der Waals surface area contributed by atoms with Gasteiger partial charge in [-0.2, -0.15) is 0 Å². The lowest BCUT2D eigenvalue weighted by molar-refractivity contribution is 0.490. The molecule has 2 aromatic rings. The Kier molecular flexibility index (Phi) is 3.47. The zero-order valence-electron chi connectivity index (χ0n) is 9.06. The summed E-state index contributed by atoms with van der Waals surface area (Å²) in [5.74, 6) is 0.431. The van der Waals surface area contributed by atoms with E-state index in [0.29, 0.717) is 12.3 Å². The van der Waals surface area contributed by atoms with E-state index in [1.807, 2.05) is 13.0 Å². The minimum Gasteiger partial charge on any atom is -0.465 e. The van der Waals surface area contributed by atoms with Gasteiger partial charge in [-0.25, -0.2) is 8.78 Å². The minimum atomic E-state index is -0.512. The fourth-order valence-electron chi connectivity index (χ4n) is 1.42. The summed E-state index contributed by atoms with van der Waals surface area (Å²) in [5.41, 5.74) is 0.111. The quantitative estimate of drug-likeness (QED) is 0.858. The van der Waals surface area contributed by atoms with Crippen LogP contribution in [0.25, 0.3) is 0 Å². The van der Waals surface area contributed by atoms with Gasteiger partial charge in [-0.05, 0) is 41.1 Å². The Morgan fingerprint density at radius 1 is 1.24 bits per heavy atom. The number of hydrogen-bond donors (Lipinski definition) is 1. The molecule has 0 unspecified atom stereocenters. The van der Waals surface area contributed by atoms with Crippen LogP contribution in [0.2, 0.25) is 0 Å². The molecule has 0 saturated heterocycles. The van der Waals surface area contributed by atoms with Gasteiger partial charge in [-0.15, -0.1) is 0 Å². The van der Waals surface area contributed by atoms with Crippen LogP contribution in [0.15, 0.2) is 33.2 Å². The number of halogens is 3. The van der Waals surface area contributed by atoms with Gasteiger partial charge in [-0.3, -0.25) is 0 Å². The number of anilines is 1. The maximum Gasteiger partial charge on any atom is 0.147 e.